The molecule has 5 atom stereocenters. The number of aryl methyl sites for hydroxylation is 2. The second kappa shape index (κ2) is 16.1. The number of ether oxygens (including phenoxy) is 2. The number of benzene rings is 3. The highest BCUT2D eigenvalue weighted by Crippen LogP contribution is 2.36. The van der Waals surface area contributed by atoms with E-state index in [-0.39, 0.29) is 18.7 Å². The van der Waals surface area contributed by atoms with E-state index in [9.17, 15) is 25.2 Å². The maximum atomic E-state index is 15.8. The summed E-state index contributed by atoms with van der Waals surface area (Å²) in [6.07, 6.45) is -0.311. The molecule has 0 unspecified atom stereocenters. The highest BCUT2D eigenvalue weighted by atomic mass is 35.5. The van der Waals surface area contributed by atoms with E-state index in [1.165, 1.54) is 0 Å². The van der Waals surface area contributed by atoms with Crippen molar-refractivity contribution in [3.63, 3.8) is 0 Å². The van der Waals surface area contributed by atoms with Gasteiger partial charge in [0.2, 0.25) is 5.91 Å². The highest BCUT2D eigenvalue weighted by molar-refractivity contribution is 6.58. The molecular formula is C42H45BClF2N3O7. The van der Waals surface area contributed by atoms with Crippen LogP contribution in [0.4, 0.5) is 8.63 Å². The monoisotopic (exact) mass is 787 g/mol. The molecule has 4 heterocycles. The summed E-state index contributed by atoms with van der Waals surface area (Å²) in [6.45, 7) is -0.346. The summed E-state index contributed by atoms with van der Waals surface area (Å²) in [5.41, 5.74) is 6.88. The van der Waals surface area contributed by atoms with Gasteiger partial charge in [0, 0.05) is 55.4 Å². The fourth-order valence-corrected chi connectivity index (χ4v) is 7.98. The number of hydrogen-bond donors (Lipinski definition) is 4. The van der Waals surface area contributed by atoms with E-state index in [0.717, 1.165) is 36.8 Å². The van der Waals surface area contributed by atoms with Crippen molar-refractivity contribution in [3.8, 4) is 5.75 Å². The van der Waals surface area contributed by atoms with Crippen LogP contribution >= 0.6 is 11.6 Å². The molecule has 10 nitrogen and oxygen atoms in total. The molecule has 0 aliphatic carbocycles. The highest BCUT2D eigenvalue weighted by Gasteiger charge is 2.52. The minimum absolute atomic E-state index is 0.106. The van der Waals surface area contributed by atoms with Crippen molar-refractivity contribution in [1.29, 1.82) is 0 Å². The van der Waals surface area contributed by atoms with Gasteiger partial charge in [-0.2, -0.15) is 0 Å². The Bertz CT molecular complexity index is 2200. The Morgan fingerprint density at radius 2 is 1.64 bits per heavy atom. The molecule has 4 aromatic rings. The molecule has 3 aromatic carbocycles. The molecule has 14 heteroatoms. The lowest BCUT2D eigenvalue weighted by Gasteiger charge is -2.40. The molecule has 7 rings (SSSR count). The molecular weight excluding hydrogens is 743 g/mol. The third-order valence-corrected chi connectivity index (χ3v) is 11.3. The predicted molar refractivity (Wildman–Crippen MR) is 210 cm³/mol. The van der Waals surface area contributed by atoms with Crippen molar-refractivity contribution in [2.24, 2.45) is 0 Å². The van der Waals surface area contributed by atoms with Gasteiger partial charge in [0.05, 0.1) is 6.61 Å². The van der Waals surface area contributed by atoms with Gasteiger partial charge in [0.25, 0.3) is 0 Å². The summed E-state index contributed by atoms with van der Waals surface area (Å²) in [6, 6.07) is 22.3. The van der Waals surface area contributed by atoms with Crippen LogP contribution in [-0.4, -0.2) is 91.0 Å². The molecule has 3 aliphatic rings. The summed E-state index contributed by atoms with van der Waals surface area (Å²) in [5, 5.41) is 41.0. The van der Waals surface area contributed by atoms with Gasteiger partial charge in [-0.1, -0.05) is 60.1 Å². The van der Waals surface area contributed by atoms with Crippen LogP contribution in [0.3, 0.4) is 0 Å². The quantitative estimate of drug-likeness (QED) is 0.140. The normalized spacial score (nSPS) is 22.5. The smallest absolute Gasteiger partial charge is 0.489 e. The number of nitrogens with zero attached hydrogens (tertiary/aromatic N) is 3. The SMILES string of the molecule is Cc1cc(C)n2c1C=C1C=CC(CCC(=O)N(C)Cc3ccc(COc4ccc(Cc5cc([C@@H]6O[C@H](CO)[C@@H](O)[C@H](O)[C@H]6O)ccc5Cl)cc4)cc3)=[N+]1[B-]2(F)F. The van der Waals surface area contributed by atoms with Crippen LogP contribution in [0, 0.1) is 13.8 Å². The predicted octanol–water partition coefficient (Wildman–Crippen LogP) is 5.48. The van der Waals surface area contributed by atoms with Crippen molar-refractivity contribution in [2.45, 2.75) is 76.8 Å². The standard InChI is InChI=1S/C42H45BClF2N3O7/c1-25-18-26(2)48-36(25)21-33-12-11-32(49(33)43(48,45)46)13-17-38(51)47(3)22-28-4-6-29(7-5-28)24-55-34-14-8-27(9-15-34)19-31-20-30(10-16-35(31)44)42-41(54)40(53)39(52)37(23-50)56-42/h4-12,14-16,18,20-21,37,39-42,50,52-54H,13,17,19,22-24H2,1-3H3/t37-,39-,40+,41-,42+/m1/s1. The molecule has 1 fully saturated rings. The topological polar surface area (TPSA) is 128 Å². The lowest BCUT2D eigenvalue weighted by Crippen LogP contribution is -2.55. The first-order valence-electron chi connectivity index (χ1n) is 18.6. The van der Waals surface area contributed by atoms with Gasteiger partial charge in [-0.05, 0) is 83.6 Å². The van der Waals surface area contributed by atoms with E-state index in [0.29, 0.717) is 58.7 Å². The van der Waals surface area contributed by atoms with E-state index in [1.54, 1.807) is 61.4 Å². The van der Waals surface area contributed by atoms with Gasteiger partial charge in [0.1, 0.15) is 48.6 Å². The van der Waals surface area contributed by atoms with Crippen molar-refractivity contribution in [3.05, 3.63) is 140 Å². The number of carbonyl (C=O) groups excluding carboxylic acids is 1. The molecule has 0 spiro atoms. The average molecular weight is 788 g/mol. The molecule has 0 radical (unpaired) electrons. The van der Waals surface area contributed by atoms with Gasteiger partial charge in [-0.15, -0.1) is 0 Å². The minimum atomic E-state index is -4.07. The Labute approximate surface area is 329 Å². The molecule has 0 saturated carbocycles. The van der Waals surface area contributed by atoms with Crippen LogP contribution in [0.2, 0.25) is 5.02 Å². The first-order valence-corrected chi connectivity index (χ1v) is 19.0. The van der Waals surface area contributed by atoms with Crippen LogP contribution in [0.1, 0.15) is 63.7 Å². The first kappa shape index (κ1) is 39.6. The third-order valence-electron chi connectivity index (χ3n) is 10.9. The summed E-state index contributed by atoms with van der Waals surface area (Å²) in [4.78, 5) is 14.7. The number of fused-ring (bicyclic) bond motifs is 2. The van der Waals surface area contributed by atoms with Crippen LogP contribution in [0.5, 0.6) is 5.75 Å². The number of aliphatic hydroxyl groups is 4. The fraction of sp³-hybridized carbons (Fsp3) is 0.333. The number of aliphatic hydroxyl groups excluding tert-OH is 4. The van der Waals surface area contributed by atoms with Crippen LogP contribution in [-0.2, 0) is 29.1 Å². The summed E-state index contributed by atoms with van der Waals surface area (Å²) >= 11 is 6.51. The lowest BCUT2D eigenvalue weighted by molar-refractivity contribution is -0.362. The molecule has 0 bridgehead atoms. The first-order chi connectivity index (χ1) is 26.7. The van der Waals surface area contributed by atoms with Crippen molar-refractivity contribution >= 4 is 36.3 Å². The maximum Gasteiger partial charge on any atom is 0.737 e. The number of amides is 1. The Morgan fingerprint density at radius 3 is 2.36 bits per heavy atom. The Morgan fingerprint density at radius 1 is 0.946 bits per heavy atom. The fourth-order valence-electron chi connectivity index (χ4n) is 7.80. The van der Waals surface area contributed by atoms with Crippen molar-refractivity contribution in [1.82, 2.24) is 9.38 Å². The van der Waals surface area contributed by atoms with E-state index < -0.39 is 44.1 Å². The van der Waals surface area contributed by atoms with Gasteiger partial charge in [-0.3, -0.25) is 4.79 Å². The zero-order valence-electron chi connectivity index (χ0n) is 31.4. The summed E-state index contributed by atoms with van der Waals surface area (Å²) < 4.78 is 45.5. The Kier molecular flexibility index (Phi) is 11.4. The number of halogens is 3. The van der Waals surface area contributed by atoms with Crippen LogP contribution in [0.15, 0.2) is 90.6 Å². The number of aromatic nitrogens is 1. The zero-order valence-corrected chi connectivity index (χ0v) is 32.1. The largest absolute Gasteiger partial charge is 0.737 e. The number of carbonyl (C=O) groups is 1. The van der Waals surface area contributed by atoms with Gasteiger partial charge < -0.3 is 52.4 Å². The van der Waals surface area contributed by atoms with Crippen LogP contribution < -0.4 is 4.74 Å². The second-order valence-corrected chi connectivity index (χ2v) is 15.3. The van der Waals surface area contributed by atoms with Gasteiger partial charge >= 0.3 is 6.97 Å². The molecule has 3 aliphatic heterocycles. The summed E-state index contributed by atoms with van der Waals surface area (Å²) in [7, 11) is 1.71. The molecule has 56 heavy (non-hydrogen) atoms. The molecule has 294 valence electrons. The maximum absolute atomic E-state index is 15.8. The number of hydrogen-bond acceptors (Lipinski definition) is 7. The minimum Gasteiger partial charge on any atom is -0.489 e. The van der Waals surface area contributed by atoms with E-state index in [4.69, 9.17) is 21.1 Å². The zero-order chi connectivity index (χ0) is 39.9. The lowest BCUT2D eigenvalue weighted by atomic mass is 9.90. The molecule has 4 N–H and O–H groups in total. The van der Waals surface area contributed by atoms with Crippen molar-refractivity contribution in [2.75, 3.05) is 13.7 Å². The van der Waals surface area contributed by atoms with E-state index >= 15 is 8.63 Å². The molecule has 1 amide bonds. The third kappa shape index (κ3) is 7.84. The van der Waals surface area contributed by atoms with E-state index in [2.05, 4.69) is 0 Å². The Hall–Kier alpha value is -4.63. The average Bonchev–Trinajstić information content (AvgIpc) is 3.74. The molecule has 1 aromatic heterocycles. The second-order valence-electron chi connectivity index (χ2n) is 14.9. The number of rotatable bonds is 12. The van der Waals surface area contributed by atoms with Crippen molar-refractivity contribution < 1.29 is 47.8 Å². The van der Waals surface area contributed by atoms with Gasteiger partial charge in [-0.25, -0.2) is 0 Å². The number of allylic oxidation sites excluding steroid dienone is 2. The summed E-state index contributed by atoms with van der Waals surface area (Å²) in [5.74, 6) is 0.536. The van der Waals surface area contributed by atoms with E-state index in [1.807, 2.05) is 55.5 Å². The van der Waals surface area contributed by atoms with Crippen LogP contribution in [0.25, 0.3) is 6.08 Å². The molecule has 1 saturated heterocycles. The Balaban J connectivity index is 0.899. The van der Waals surface area contributed by atoms with Gasteiger partial charge in [0.15, 0.2) is 5.70 Å².